The van der Waals surface area contributed by atoms with Gasteiger partial charge in [0.1, 0.15) is 54.9 Å². The van der Waals surface area contributed by atoms with Crippen molar-refractivity contribution in [2.75, 3.05) is 39.6 Å². The van der Waals surface area contributed by atoms with E-state index in [9.17, 15) is 39.0 Å². The van der Waals surface area contributed by atoms with Gasteiger partial charge in [0.05, 0.1) is 37.9 Å². The average Bonchev–Trinajstić information content (AvgIpc) is 4.22. The minimum atomic E-state index is -2.32. The van der Waals surface area contributed by atoms with Gasteiger partial charge in [-0.05, 0) is 80.9 Å². The Morgan fingerprint density at radius 1 is 0.800 bits per heavy atom. The standard InChI is InChI=1S/C59H72N2O19/c1-34-41(76-52(67)47(45(38-20-14-10-15-21-38)61-54(69)80-55(4,5)6)77-43(64)32-72-27-26-71-25-24-60-53(68)73-31-37-18-12-9-13-19-37)30-59(70)50(78-51(66)39-22-16-11-17-23-39)48-57(49(65)46(75-35(2)62)44(34)56(59,7)8)29-40(57)28-42-58(48,33-74-42)79-36(3)63/h9-23,40-42,45-50,65,70H,24-33H2,1-8H3,(H,60,68)(H,61,69)/t40-,41+,42-,45+,46-,47-,48+,49?,50+,57-,58+,59-/m1/s1. The molecule has 4 fully saturated rings. The van der Waals surface area contributed by atoms with Crippen LogP contribution in [0, 0.1) is 22.7 Å². The number of carbonyl (C=O) groups excluding carboxylic acids is 7. The van der Waals surface area contributed by atoms with Gasteiger partial charge in [-0.15, -0.1) is 0 Å². The van der Waals surface area contributed by atoms with E-state index in [4.69, 9.17) is 47.4 Å². The van der Waals surface area contributed by atoms with Crippen LogP contribution in [0.3, 0.4) is 0 Å². The summed E-state index contributed by atoms with van der Waals surface area (Å²) in [6.45, 7) is 11.5. The lowest BCUT2D eigenvalue weighted by atomic mass is 9.48. The second-order valence-corrected chi connectivity index (χ2v) is 22.6. The summed E-state index contributed by atoms with van der Waals surface area (Å²) in [4.78, 5) is 96.0. The second kappa shape index (κ2) is 24.0. The van der Waals surface area contributed by atoms with Crippen molar-refractivity contribution in [3.63, 3.8) is 0 Å². The van der Waals surface area contributed by atoms with Crippen molar-refractivity contribution >= 4 is 42.0 Å². The smallest absolute Gasteiger partial charge is 0.408 e. The number of ether oxygens (including phenoxy) is 10. The quantitative estimate of drug-likeness (QED) is 0.0452. The van der Waals surface area contributed by atoms with Gasteiger partial charge in [-0.2, -0.15) is 0 Å². The van der Waals surface area contributed by atoms with Crippen LogP contribution in [0.1, 0.15) is 102 Å². The number of rotatable bonds is 20. The van der Waals surface area contributed by atoms with E-state index in [2.05, 4.69) is 10.6 Å². The molecule has 80 heavy (non-hydrogen) atoms. The molecule has 1 saturated heterocycles. The molecule has 3 saturated carbocycles. The second-order valence-electron chi connectivity index (χ2n) is 22.6. The van der Waals surface area contributed by atoms with Crippen LogP contribution in [0.4, 0.5) is 9.59 Å². The zero-order chi connectivity index (χ0) is 57.8. The van der Waals surface area contributed by atoms with Crippen molar-refractivity contribution in [1.82, 2.24) is 10.6 Å². The summed E-state index contributed by atoms with van der Waals surface area (Å²) in [7, 11) is 0. The van der Waals surface area contributed by atoms with Crippen LogP contribution in [0.5, 0.6) is 0 Å². The molecule has 21 heteroatoms. The number of carbonyl (C=O) groups is 7. The molecule has 432 valence electrons. The molecular weight excluding hydrogens is 1040 g/mol. The number of alkyl carbamates (subject to hydrolysis) is 2. The topological polar surface area (TPSA) is 276 Å². The molecule has 1 unspecified atom stereocenters. The Bertz CT molecular complexity index is 2790. The van der Waals surface area contributed by atoms with E-state index in [1.165, 1.54) is 26.0 Å². The van der Waals surface area contributed by atoms with E-state index in [1.54, 1.807) is 90.1 Å². The van der Waals surface area contributed by atoms with Gasteiger partial charge in [-0.25, -0.2) is 24.0 Å². The van der Waals surface area contributed by atoms with E-state index < -0.39 is 131 Å². The van der Waals surface area contributed by atoms with Gasteiger partial charge >= 0.3 is 42.0 Å². The van der Waals surface area contributed by atoms with E-state index >= 15 is 4.79 Å². The highest BCUT2D eigenvalue weighted by Crippen LogP contribution is 2.76. The van der Waals surface area contributed by atoms with Crippen LogP contribution in [-0.4, -0.2) is 145 Å². The van der Waals surface area contributed by atoms with Crippen LogP contribution in [-0.2, 0) is 73.2 Å². The van der Waals surface area contributed by atoms with Crippen LogP contribution in [0.2, 0.25) is 0 Å². The largest absolute Gasteiger partial charge is 0.455 e. The molecule has 2 bridgehead atoms. The predicted octanol–water partition coefficient (Wildman–Crippen LogP) is 5.77. The maximum Gasteiger partial charge on any atom is 0.408 e. The van der Waals surface area contributed by atoms with E-state index in [0.29, 0.717) is 12.8 Å². The lowest BCUT2D eigenvalue weighted by Gasteiger charge is -2.65. The molecule has 0 radical (unpaired) electrons. The van der Waals surface area contributed by atoms with Crippen molar-refractivity contribution in [1.29, 1.82) is 0 Å². The van der Waals surface area contributed by atoms with Crippen molar-refractivity contribution in [3.05, 3.63) is 119 Å². The predicted molar refractivity (Wildman–Crippen MR) is 281 cm³/mol. The zero-order valence-electron chi connectivity index (χ0n) is 46.3. The van der Waals surface area contributed by atoms with Gasteiger partial charge in [0.25, 0.3) is 0 Å². The first-order valence-corrected chi connectivity index (χ1v) is 26.8. The molecule has 5 aliphatic rings. The van der Waals surface area contributed by atoms with Gasteiger partial charge in [-0.1, -0.05) is 92.7 Å². The van der Waals surface area contributed by atoms with Gasteiger partial charge in [0.15, 0.2) is 11.7 Å². The molecule has 1 spiro atoms. The van der Waals surface area contributed by atoms with Gasteiger partial charge in [0.2, 0.25) is 6.10 Å². The summed E-state index contributed by atoms with van der Waals surface area (Å²) >= 11 is 0. The number of amides is 2. The third kappa shape index (κ3) is 12.4. The fourth-order valence-corrected chi connectivity index (χ4v) is 12.4. The minimum Gasteiger partial charge on any atom is -0.455 e. The number of nitrogens with one attached hydrogen (secondary N) is 2. The number of aliphatic hydroxyl groups is 2. The zero-order valence-corrected chi connectivity index (χ0v) is 46.3. The first kappa shape index (κ1) is 59.2. The summed E-state index contributed by atoms with van der Waals surface area (Å²) in [5.74, 6) is -6.15. The molecular formula is C59H72N2O19. The van der Waals surface area contributed by atoms with Gasteiger partial charge in [-0.3, -0.25) is 9.59 Å². The maximum atomic E-state index is 15.3. The van der Waals surface area contributed by atoms with Gasteiger partial charge < -0.3 is 68.2 Å². The van der Waals surface area contributed by atoms with E-state index in [0.717, 1.165) is 5.56 Å². The Kier molecular flexibility index (Phi) is 17.8. The Morgan fingerprint density at radius 3 is 2.08 bits per heavy atom. The lowest BCUT2D eigenvalue weighted by molar-refractivity contribution is -0.335. The minimum absolute atomic E-state index is 0.00971. The maximum absolute atomic E-state index is 15.3. The SMILES string of the molecule is CC(=O)O[C@@H]1C2=C(C)[C@@H](OC(=O)[C@H](OC(=O)COCCOCCNC(=O)OCc3ccccc3)[C@@H](NC(=O)OC(C)(C)C)c3ccccc3)C[C@@](O)([C@@H](OC(=O)c3ccccc3)[C@@H]3[C@]4(OC(C)=O)CO[C@@H]4C[C@@H]4C[C@@]43C1O)C2(C)C. The third-order valence-corrected chi connectivity index (χ3v) is 16.0. The van der Waals surface area contributed by atoms with E-state index in [-0.39, 0.29) is 67.8 Å². The molecule has 4 aliphatic carbocycles. The number of esters is 5. The molecule has 3 aromatic carbocycles. The van der Waals surface area contributed by atoms with Crippen LogP contribution >= 0.6 is 0 Å². The van der Waals surface area contributed by atoms with Crippen LogP contribution in [0.15, 0.2) is 102 Å². The molecule has 1 aliphatic heterocycles. The molecule has 2 amide bonds. The summed E-state index contributed by atoms with van der Waals surface area (Å²) < 4.78 is 59.3. The number of aliphatic hydroxyl groups excluding tert-OH is 1. The third-order valence-electron chi connectivity index (χ3n) is 16.0. The first-order chi connectivity index (χ1) is 37.9. The Morgan fingerprint density at radius 2 is 1.45 bits per heavy atom. The average molecular weight is 1110 g/mol. The summed E-state index contributed by atoms with van der Waals surface area (Å²) in [5.41, 5.74) is -6.14. The fraction of sp³-hybridized carbons (Fsp3) is 0.542. The molecule has 12 atom stereocenters. The number of benzene rings is 3. The normalized spacial score (nSPS) is 28.6. The summed E-state index contributed by atoms with van der Waals surface area (Å²) in [6, 6.07) is 23.9. The highest BCUT2D eigenvalue weighted by Gasteiger charge is 2.84. The fourth-order valence-electron chi connectivity index (χ4n) is 12.4. The molecule has 8 rings (SSSR count). The molecule has 21 nitrogen and oxygen atoms in total. The summed E-state index contributed by atoms with van der Waals surface area (Å²) in [6.07, 6.45) is -10.5. The molecule has 3 aromatic rings. The Balaban J connectivity index is 1.11. The van der Waals surface area contributed by atoms with E-state index in [1.807, 2.05) is 30.3 Å². The Hall–Kier alpha value is -6.91. The Labute approximate surface area is 464 Å². The van der Waals surface area contributed by atoms with Crippen LogP contribution < -0.4 is 10.6 Å². The highest BCUT2D eigenvalue weighted by atomic mass is 16.6. The van der Waals surface area contributed by atoms with Gasteiger partial charge in [0, 0.05) is 37.6 Å². The highest BCUT2D eigenvalue weighted by molar-refractivity contribution is 5.89. The number of hydrogen-bond donors (Lipinski definition) is 4. The monoisotopic (exact) mass is 1110 g/mol. The molecule has 4 N–H and O–H groups in total. The van der Waals surface area contributed by atoms with Crippen molar-refractivity contribution in [2.24, 2.45) is 22.7 Å². The first-order valence-electron chi connectivity index (χ1n) is 26.8. The summed E-state index contributed by atoms with van der Waals surface area (Å²) in [5, 5.41) is 32.4. The molecule has 0 aromatic heterocycles. The lowest BCUT2D eigenvalue weighted by Crippen LogP contribution is -2.78. The molecule has 1 heterocycles. The van der Waals surface area contributed by atoms with Crippen molar-refractivity contribution < 1.29 is 91.1 Å². The van der Waals surface area contributed by atoms with Crippen molar-refractivity contribution in [2.45, 2.75) is 141 Å². The number of hydrogen-bond acceptors (Lipinski definition) is 19. The number of fused-ring (bicyclic) bond motifs is 4. The van der Waals surface area contributed by atoms with Crippen molar-refractivity contribution in [3.8, 4) is 0 Å². The van der Waals surface area contributed by atoms with Crippen LogP contribution in [0.25, 0.3) is 0 Å².